The monoisotopic (exact) mass is 872 g/mol. The molecule has 0 aliphatic carbocycles. The van der Waals surface area contributed by atoms with Crippen LogP contribution in [0.2, 0.25) is 0 Å². The molecule has 0 radical (unpaired) electrons. The third-order valence-corrected chi connectivity index (χ3v) is 8.13. The molecule has 0 spiro atoms. The standard InChI is InChI=1S/C41H69N5O15/c1-41(2,3)61-39(51)34(45-40(52)60-30-33-10-8-7-9-11-33)12-13-35(47)43-16-21-55-26-29-59-32-37(49)44-17-22-56-27-28-58-31-36(48)42-15-18-46(4,5)19-23-57-25-24-54-20-14-38(50)53-6/h7-11,34H,12-32H2,1-6H3,(H3-,42,43,44,45,47,48,49,52)/p+1/t34-/m0/s1. The van der Waals surface area contributed by atoms with Crippen molar-refractivity contribution in [2.45, 2.75) is 58.3 Å². The first-order chi connectivity index (χ1) is 29.1. The summed E-state index contributed by atoms with van der Waals surface area (Å²) in [6.45, 7) is 10.3. The summed E-state index contributed by atoms with van der Waals surface area (Å²) in [6, 6.07) is 7.99. The smallest absolute Gasteiger partial charge is 0.408 e. The zero-order valence-electron chi connectivity index (χ0n) is 36.9. The number of carbonyl (C=O) groups is 6. The average molecular weight is 873 g/mol. The molecule has 0 fully saturated rings. The number of nitrogens with one attached hydrogen (secondary N) is 4. The average Bonchev–Trinajstić information content (AvgIpc) is 3.21. The van der Waals surface area contributed by atoms with Crippen LogP contribution in [0.5, 0.6) is 0 Å². The van der Waals surface area contributed by atoms with E-state index in [0.717, 1.165) is 12.1 Å². The first-order valence-electron chi connectivity index (χ1n) is 20.5. The molecule has 1 aromatic carbocycles. The van der Waals surface area contributed by atoms with Gasteiger partial charge in [-0.25, -0.2) is 9.59 Å². The second-order valence-corrected chi connectivity index (χ2v) is 15.1. The van der Waals surface area contributed by atoms with E-state index in [2.05, 4.69) is 26.0 Å². The molecule has 0 unspecified atom stereocenters. The summed E-state index contributed by atoms with van der Waals surface area (Å²) in [5.74, 6) is -1.87. The van der Waals surface area contributed by atoms with E-state index in [1.807, 2.05) is 32.3 Å². The number of amides is 4. The molecule has 0 aliphatic heterocycles. The second kappa shape index (κ2) is 33.2. The van der Waals surface area contributed by atoms with Crippen molar-refractivity contribution in [2.75, 3.05) is 133 Å². The fraction of sp³-hybridized carbons (Fsp3) is 0.707. The van der Waals surface area contributed by atoms with E-state index < -0.39 is 23.7 Å². The van der Waals surface area contributed by atoms with Crippen molar-refractivity contribution in [1.82, 2.24) is 21.3 Å². The molecule has 4 N–H and O–H groups in total. The van der Waals surface area contributed by atoms with Crippen LogP contribution in [-0.2, 0) is 73.2 Å². The Bertz CT molecular complexity index is 1400. The van der Waals surface area contributed by atoms with E-state index in [1.54, 1.807) is 32.9 Å². The predicted molar refractivity (Wildman–Crippen MR) is 221 cm³/mol. The van der Waals surface area contributed by atoms with Crippen molar-refractivity contribution in [1.29, 1.82) is 0 Å². The molecule has 0 saturated heterocycles. The quantitative estimate of drug-likeness (QED) is 0.0315. The molecule has 348 valence electrons. The van der Waals surface area contributed by atoms with Crippen molar-refractivity contribution >= 4 is 35.8 Å². The van der Waals surface area contributed by atoms with Gasteiger partial charge >= 0.3 is 18.0 Å². The molecule has 61 heavy (non-hydrogen) atoms. The number of hydrogen-bond donors (Lipinski definition) is 4. The van der Waals surface area contributed by atoms with Crippen LogP contribution in [0.15, 0.2) is 30.3 Å². The Morgan fingerprint density at radius 2 is 1.15 bits per heavy atom. The SMILES string of the molecule is COC(=O)CCOCCOCC[N+](C)(C)CCNC(=O)COCCOCCNC(=O)COCCOCCNC(=O)CC[C@H](NC(=O)OCc1ccccc1)C(=O)OC(C)(C)C. The highest BCUT2D eigenvalue weighted by Crippen LogP contribution is 2.11. The second-order valence-electron chi connectivity index (χ2n) is 15.1. The number of methoxy groups -OCH3 is 1. The van der Waals surface area contributed by atoms with Gasteiger partial charge in [0.15, 0.2) is 0 Å². The maximum absolute atomic E-state index is 12.7. The Morgan fingerprint density at radius 1 is 0.623 bits per heavy atom. The summed E-state index contributed by atoms with van der Waals surface area (Å²) in [5.41, 5.74) is -0.00780. The molecule has 0 saturated carbocycles. The van der Waals surface area contributed by atoms with Gasteiger partial charge in [-0.15, -0.1) is 0 Å². The number of likely N-dealkylation sites (N-methyl/N-ethyl adjacent to an activating group) is 1. The molecule has 1 rings (SSSR count). The Balaban J connectivity index is 2.02. The molecule has 1 atom stereocenters. The van der Waals surface area contributed by atoms with Gasteiger partial charge in [0.2, 0.25) is 17.7 Å². The van der Waals surface area contributed by atoms with E-state index >= 15 is 0 Å². The van der Waals surface area contributed by atoms with Gasteiger partial charge in [0.05, 0.1) is 107 Å². The number of carbonyl (C=O) groups excluding carboxylic acids is 6. The van der Waals surface area contributed by atoms with Gasteiger partial charge in [0.1, 0.15) is 38.0 Å². The summed E-state index contributed by atoms with van der Waals surface area (Å²) in [7, 11) is 5.43. The lowest BCUT2D eigenvalue weighted by Gasteiger charge is -2.29. The Labute approximate surface area is 359 Å². The van der Waals surface area contributed by atoms with Crippen LogP contribution in [0.3, 0.4) is 0 Å². The topological polar surface area (TPSA) is 234 Å². The number of benzene rings is 1. The molecule has 0 heterocycles. The number of quaternary nitrogens is 1. The molecule has 20 heteroatoms. The largest absolute Gasteiger partial charge is 0.469 e. The Morgan fingerprint density at radius 3 is 1.72 bits per heavy atom. The van der Waals surface area contributed by atoms with Crippen molar-refractivity contribution in [3.05, 3.63) is 35.9 Å². The summed E-state index contributed by atoms with van der Waals surface area (Å²) < 4.78 is 48.3. The predicted octanol–water partition coefficient (Wildman–Crippen LogP) is 0.491. The summed E-state index contributed by atoms with van der Waals surface area (Å²) in [5, 5.41) is 10.7. The highest BCUT2D eigenvalue weighted by Gasteiger charge is 2.28. The lowest BCUT2D eigenvalue weighted by atomic mass is 10.1. The van der Waals surface area contributed by atoms with Crippen LogP contribution in [0, 0.1) is 0 Å². The van der Waals surface area contributed by atoms with Crippen molar-refractivity contribution < 1.29 is 75.9 Å². The lowest BCUT2D eigenvalue weighted by Crippen LogP contribution is -2.47. The molecular formula is C41H70N5O15+. The molecule has 0 bridgehead atoms. The van der Waals surface area contributed by atoms with Gasteiger partial charge in [-0.3, -0.25) is 19.2 Å². The zero-order chi connectivity index (χ0) is 45.2. The fourth-order valence-electron chi connectivity index (χ4n) is 4.79. The summed E-state index contributed by atoms with van der Waals surface area (Å²) >= 11 is 0. The van der Waals surface area contributed by atoms with Crippen molar-refractivity contribution in [2.24, 2.45) is 0 Å². The highest BCUT2D eigenvalue weighted by atomic mass is 16.6. The number of hydrogen-bond acceptors (Lipinski definition) is 15. The number of rotatable bonds is 35. The maximum Gasteiger partial charge on any atom is 0.408 e. The fourth-order valence-corrected chi connectivity index (χ4v) is 4.79. The molecule has 0 aromatic heterocycles. The third-order valence-electron chi connectivity index (χ3n) is 8.13. The Kier molecular flexibility index (Phi) is 29.7. The van der Waals surface area contributed by atoms with Crippen LogP contribution in [0.25, 0.3) is 0 Å². The summed E-state index contributed by atoms with van der Waals surface area (Å²) in [6.07, 6.45) is -0.646. The van der Waals surface area contributed by atoms with Gasteiger partial charge in [-0.1, -0.05) is 30.3 Å². The first-order valence-corrected chi connectivity index (χ1v) is 20.5. The van der Waals surface area contributed by atoms with E-state index in [4.69, 9.17) is 37.9 Å². The number of alkyl carbamates (subject to hydrolysis) is 1. The van der Waals surface area contributed by atoms with E-state index in [-0.39, 0.29) is 116 Å². The van der Waals surface area contributed by atoms with Crippen molar-refractivity contribution in [3.63, 3.8) is 0 Å². The first kappa shape index (κ1) is 54.6. The van der Waals surface area contributed by atoms with E-state index in [0.29, 0.717) is 44.0 Å². The minimum Gasteiger partial charge on any atom is -0.469 e. The molecule has 1 aromatic rings. The lowest BCUT2D eigenvalue weighted by molar-refractivity contribution is -0.889. The van der Waals surface area contributed by atoms with E-state index in [1.165, 1.54) is 7.11 Å². The number of esters is 2. The maximum atomic E-state index is 12.7. The van der Waals surface area contributed by atoms with Crippen molar-refractivity contribution in [3.8, 4) is 0 Å². The molecule has 0 aliphatic rings. The molecule has 20 nitrogen and oxygen atoms in total. The highest BCUT2D eigenvalue weighted by molar-refractivity contribution is 5.83. The zero-order valence-corrected chi connectivity index (χ0v) is 36.9. The van der Waals surface area contributed by atoms with E-state index in [9.17, 15) is 28.8 Å². The minimum absolute atomic E-state index is 0.000296. The van der Waals surface area contributed by atoms with Crippen LogP contribution in [0.4, 0.5) is 4.79 Å². The van der Waals surface area contributed by atoms with Crippen LogP contribution in [0.1, 0.15) is 45.6 Å². The van der Waals surface area contributed by atoms with Gasteiger partial charge in [-0.05, 0) is 32.8 Å². The van der Waals surface area contributed by atoms with Gasteiger partial charge in [0, 0.05) is 19.5 Å². The normalized spacial score (nSPS) is 11.9. The van der Waals surface area contributed by atoms with Gasteiger partial charge < -0.3 is 68.4 Å². The number of nitrogens with zero attached hydrogens (tertiary/aromatic N) is 1. The molecular weight excluding hydrogens is 802 g/mol. The minimum atomic E-state index is -1.09. The summed E-state index contributed by atoms with van der Waals surface area (Å²) in [4.78, 5) is 72.6. The third kappa shape index (κ3) is 32.9. The number of ether oxygens (including phenoxy) is 9. The van der Waals surface area contributed by atoms with Crippen LogP contribution >= 0.6 is 0 Å². The van der Waals surface area contributed by atoms with Gasteiger partial charge in [-0.2, -0.15) is 0 Å². The van der Waals surface area contributed by atoms with Gasteiger partial charge in [0.25, 0.3) is 0 Å². The molecule has 4 amide bonds. The Hall–Kier alpha value is -4.44. The van der Waals surface area contributed by atoms with Crippen LogP contribution in [-0.4, -0.2) is 185 Å². The van der Waals surface area contributed by atoms with Crippen LogP contribution < -0.4 is 21.3 Å².